The molecule has 5 heteroatoms. The number of hydrogen-bond acceptors (Lipinski definition) is 4. The number of carbonyl (C=O) groups is 1. The molecule has 0 aliphatic carbocycles. The van der Waals surface area contributed by atoms with Crippen LogP contribution in [0.4, 0.5) is 0 Å². The van der Waals surface area contributed by atoms with Crippen LogP contribution < -0.4 is 4.74 Å². The lowest BCUT2D eigenvalue weighted by atomic mass is 10.1. The summed E-state index contributed by atoms with van der Waals surface area (Å²) in [5.74, 6) is 0.867. The minimum absolute atomic E-state index is 0.0242. The van der Waals surface area contributed by atoms with Crippen LogP contribution in [0.15, 0.2) is 60.0 Å². The molecule has 0 saturated heterocycles. The molecule has 27 heavy (non-hydrogen) atoms. The minimum Gasteiger partial charge on any atom is -0.486 e. The molecule has 0 fully saturated rings. The summed E-state index contributed by atoms with van der Waals surface area (Å²) >= 11 is 1.56. The summed E-state index contributed by atoms with van der Waals surface area (Å²) in [4.78, 5) is 19.3. The maximum absolute atomic E-state index is 12.8. The lowest BCUT2D eigenvalue weighted by Crippen LogP contribution is -2.36. The first kappa shape index (κ1) is 19.1. The molecule has 140 valence electrons. The standard InChI is InChI=1S/C22H24N2O2S/c1-16(2)24(22(25)18-9-5-4-6-10-18)13-19-15-27-21(23-19)14-26-20-11-7-8-17(3)12-20/h4-12,15-16H,13-14H2,1-3H3. The van der Waals surface area contributed by atoms with Crippen LogP contribution in [0.25, 0.3) is 0 Å². The number of ether oxygens (including phenoxy) is 1. The van der Waals surface area contributed by atoms with E-state index in [-0.39, 0.29) is 11.9 Å². The molecule has 1 amide bonds. The Kier molecular flexibility index (Phi) is 6.24. The molecule has 3 aromatic rings. The van der Waals surface area contributed by atoms with Crippen molar-refractivity contribution in [3.8, 4) is 5.75 Å². The Morgan fingerprint density at radius 2 is 1.93 bits per heavy atom. The third kappa shape index (κ3) is 5.17. The van der Waals surface area contributed by atoms with E-state index in [0.29, 0.717) is 18.7 Å². The smallest absolute Gasteiger partial charge is 0.254 e. The average molecular weight is 381 g/mol. The highest BCUT2D eigenvalue weighted by Crippen LogP contribution is 2.19. The summed E-state index contributed by atoms with van der Waals surface area (Å²) in [5, 5.41) is 2.91. The van der Waals surface area contributed by atoms with E-state index in [9.17, 15) is 4.79 Å². The van der Waals surface area contributed by atoms with Crippen molar-refractivity contribution in [3.05, 3.63) is 81.8 Å². The molecule has 3 rings (SSSR count). The van der Waals surface area contributed by atoms with Gasteiger partial charge in [-0.3, -0.25) is 4.79 Å². The Morgan fingerprint density at radius 1 is 1.15 bits per heavy atom. The highest BCUT2D eigenvalue weighted by molar-refractivity contribution is 7.09. The van der Waals surface area contributed by atoms with Gasteiger partial charge in [-0.15, -0.1) is 11.3 Å². The van der Waals surface area contributed by atoms with E-state index in [1.54, 1.807) is 11.3 Å². The third-order valence-electron chi connectivity index (χ3n) is 4.19. The van der Waals surface area contributed by atoms with Gasteiger partial charge in [0.2, 0.25) is 0 Å². The van der Waals surface area contributed by atoms with Crippen LogP contribution in [0.5, 0.6) is 5.75 Å². The fraction of sp³-hybridized carbons (Fsp3) is 0.273. The topological polar surface area (TPSA) is 42.4 Å². The first-order valence-corrected chi connectivity index (χ1v) is 9.89. The molecule has 0 N–H and O–H groups in total. The molecule has 0 saturated carbocycles. The van der Waals surface area contributed by atoms with Crippen molar-refractivity contribution in [2.75, 3.05) is 0 Å². The Balaban J connectivity index is 1.65. The van der Waals surface area contributed by atoms with Crippen LogP contribution in [0.1, 0.15) is 40.5 Å². The van der Waals surface area contributed by atoms with E-state index in [1.807, 2.05) is 85.6 Å². The van der Waals surface area contributed by atoms with Gasteiger partial charge in [-0.1, -0.05) is 30.3 Å². The van der Waals surface area contributed by atoms with E-state index in [0.717, 1.165) is 16.5 Å². The van der Waals surface area contributed by atoms with Crippen molar-refractivity contribution in [1.29, 1.82) is 0 Å². The van der Waals surface area contributed by atoms with Crippen LogP contribution in [0.3, 0.4) is 0 Å². The predicted molar refractivity (Wildman–Crippen MR) is 109 cm³/mol. The van der Waals surface area contributed by atoms with Crippen molar-refractivity contribution in [3.63, 3.8) is 0 Å². The van der Waals surface area contributed by atoms with Gasteiger partial charge >= 0.3 is 0 Å². The van der Waals surface area contributed by atoms with Gasteiger partial charge in [0.1, 0.15) is 17.4 Å². The molecular weight excluding hydrogens is 356 g/mol. The molecule has 2 aromatic carbocycles. The summed E-state index contributed by atoms with van der Waals surface area (Å²) in [6.07, 6.45) is 0. The lowest BCUT2D eigenvalue weighted by molar-refractivity contribution is 0.0688. The van der Waals surface area contributed by atoms with Crippen molar-refractivity contribution >= 4 is 17.2 Å². The van der Waals surface area contributed by atoms with Gasteiger partial charge in [0.15, 0.2) is 0 Å². The normalized spacial score (nSPS) is 10.8. The highest BCUT2D eigenvalue weighted by atomic mass is 32.1. The van der Waals surface area contributed by atoms with Crippen LogP contribution in [-0.2, 0) is 13.2 Å². The zero-order valence-electron chi connectivity index (χ0n) is 15.9. The lowest BCUT2D eigenvalue weighted by Gasteiger charge is -2.26. The number of nitrogens with zero attached hydrogens (tertiary/aromatic N) is 2. The van der Waals surface area contributed by atoms with Crippen molar-refractivity contribution in [2.45, 2.75) is 40.0 Å². The summed E-state index contributed by atoms with van der Waals surface area (Å²) < 4.78 is 5.82. The van der Waals surface area contributed by atoms with Crippen molar-refractivity contribution in [1.82, 2.24) is 9.88 Å². The van der Waals surface area contributed by atoms with Gasteiger partial charge in [0.05, 0.1) is 12.2 Å². The maximum Gasteiger partial charge on any atom is 0.254 e. The third-order valence-corrected chi connectivity index (χ3v) is 5.06. The Morgan fingerprint density at radius 3 is 2.63 bits per heavy atom. The van der Waals surface area contributed by atoms with Gasteiger partial charge in [0, 0.05) is 17.0 Å². The van der Waals surface area contributed by atoms with E-state index in [4.69, 9.17) is 4.74 Å². The number of rotatable bonds is 7. The van der Waals surface area contributed by atoms with E-state index >= 15 is 0 Å². The van der Waals surface area contributed by atoms with Gasteiger partial charge in [-0.25, -0.2) is 4.98 Å². The molecule has 0 radical (unpaired) electrons. The highest BCUT2D eigenvalue weighted by Gasteiger charge is 2.20. The monoisotopic (exact) mass is 380 g/mol. The Hall–Kier alpha value is -2.66. The number of amides is 1. The Bertz CT molecular complexity index is 890. The molecule has 0 spiro atoms. The fourth-order valence-corrected chi connectivity index (χ4v) is 3.44. The number of aromatic nitrogens is 1. The molecular formula is C22H24N2O2S. The summed E-state index contributed by atoms with van der Waals surface area (Å²) in [6, 6.07) is 17.4. The fourth-order valence-electron chi connectivity index (χ4n) is 2.75. The van der Waals surface area contributed by atoms with Crippen LogP contribution in [0, 0.1) is 6.92 Å². The second kappa shape index (κ2) is 8.82. The van der Waals surface area contributed by atoms with Crippen LogP contribution >= 0.6 is 11.3 Å². The second-order valence-corrected chi connectivity index (χ2v) is 7.67. The van der Waals surface area contributed by atoms with Crippen molar-refractivity contribution in [2.24, 2.45) is 0 Å². The van der Waals surface area contributed by atoms with Crippen LogP contribution in [-0.4, -0.2) is 21.8 Å². The molecule has 0 bridgehead atoms. The maximum atomic E-state index is 12.8. The van der Waals surface area contributed by atoms with E-state index in [2.05, 4.69) is 4.98 Å². The number of thiazole rings is 1. The minimum atomic E-state index is 0.0242. The first-order chi connectivity index (χ1) is 13.0. The van der Waals surface area contributed by atoms with Gasteiger partial charge in [0.25, 0.3) is 5.91 Å². The number of carbonyl (C=O) groups excluding carboxylic acids is 1. The second-order valence-electron chi connectivity index (χ2n) is 6.73. The number of aryl methyl sites for hydroxylation is 1. The number of benzene rings is 2. The SMILES string of the molecule is Cc1cccc(OCc2nc(CN(C(=O)c3ccccc3)C(C)C)cs2)c1. The molecule has 0 aliphatic heterocycles. The molecule has 1 aromatic heterocycles. The zero-order valence-corrected chi connectivity index (χ0v) is 16.7. The van der Waals surface area contributed by atoms with Crippen LogP contribution in [0.2, 0.25) is 0 Å². The zero-order chi connectivity index (χ0) is 19.2. The Labute approximate surface area is 164 Å². The quantitative estimate of drug-likeness (QED) is 0.574. The number of hydrogen-bond donors (Lipinski definition) is 0. The molecule has 1 heterocycles. The van der Waals surface area contributed by atoms with E-state index < -0.39 is 0 Å². The summed E-state index contributed by atoms with van der Waals surface area (Å²) in [5.41, 5.74) is 2.75. The molecule has 4 nitrogen and oxygen atoms in total. The van der Waals surface area contributed by atoms with Gasteiger partial charge < -0.3 is 9.64 Å². The summed E-state index contributed by atoms with van der Waals surface area (Å²) in [6.45, 7) is 7.01. The largest absolute Gasteiger partial charge is 0.486 e. The first-order valence-electron chi connectivity index (χ1n) is 9.01. The predicted octanol–water partition coefficient (Wildman–Crippen LogP) is 5.08. The average Bonchev–Trinajstić information content (AvgIpc) is 3.12. The van der Waals surface area contributed by atoms with Crippen molar-refractivity contribution < 1.29 is 9.53 Å². The van der Waals surface area contributed by atoms with Gasteiger partial charge in [-0.2, -0.15) is 0 Å². The molecule has 0 aliphatic rings. The molecule has 0 atom stereocenters. The van der Waals surface area contributed by atoms with Gasteiger partial charge in [-0.05, 0) is 50.6 Å². The van der Waals surface area contributed by atoms with E-state index in [1.165, 1.54) is 5.56 Å². The molecule has 0 unspecified atom stereocenters. The summed E-state index contributed by atoms with van der Waals surface area (Å²) in [7, 11) is 0.